The predicted molar refractivity (Wildman–Crippen MR) is 107 cm³/mol. The Bertz CT molecular complexity index is 776. The predicted octanol–water partition coefficient (Wildman–Crippen LogP) is 4.45. The van der Waals surface area contributed by atoms with Gasteiger partial charge in [0.05, 0.1) is 13.2 Å². The lowest BCUT2D eigenvalue weighted by Gasteiger charge is -2.10. The monoisotopic (exact) mass is 402 g/mol. The first-order chi connectivity index (χ1) is 14.0. The van der Waals surface area contributed by atoms with Gasteiger partial charge in [0, 0.05) is 12.1 Å². The maximum absolute atomic E-state index is 12.2. The molecule has 0 atom stereocenters. The standard InChI is InChI=1S/C22H26O7/c1-3-5-11-27-15-7-9-17(19(23)13-15)21(25)29-22(26)18-10-8-16(14-20(18)24)28-12-6-4-2/h7-10,13-14,23-24H,3-6,11-12H2,1-2H3. The molecule has 0 fully saturated rings. The molecule has 0 bridgehead atoms. The van der Waals surface area contributed by atoms with Gasteiger partial charge in [-0.15, -0.1) is 0 Å². The number of unbranched alkanes of at least 4 members (excludes halogenated alkanes) is 2. The minimum absolute atomic E-state index is 0.180. The molecular weight excluding hydrogens is 376 g/mol. The Labute approximate surface area is 169 Å². The molecular formula is C22H26O7. The smallest absolute Gasteiger partial charge is 0.349 e. The molecule has 2 aromatic carbocycles. The molecule has 2 N–H and O–H groups in total. The van der Waals surface area contributed by atoms with E-state index in [0.29, 0.717) is 24.7 Å². The minimum atomic E-state index is -1.03. The largest absolute Gasteiger partial charge is 0.507 e. The number of carbonyl (C=O) groups excluding carboxylic acids is 2. The molecule has 7 heteroatoms. The van der Waals surface area contributed by atoms with Gasteiger partial charge < -0.3 is 24.4 Å². The average Bonchev–Trinajstić information content (AvgIpc) is 2.68. The van der Waals surface area contributed by atoms with Gasteiger partial charge in [0.1, 0.15) is 34.1 Å². The molecule has 29 heavy (non-hydrogen) atoms. The van der Waals surface area contributed by atoms with Crippen LogP contribution >= 0.6 is 0 Å². The number of esters is 2. The third-order valence-electron chi connectivity index (χ3n) is 4.10. The van der Waals surface area contributed by atoms with Crippen LogP contribution in [0.25, 0.3) is 0 Å². The van der Waals surface area contributed by atoms with Crippen molar-refractivity contribution in [2.75, 3.05) is 13.2 Å². The van der Waals surface area contributed by atoms with Gasteiger partial charge in [-0.2, -0.15) is 0 Å². The lowest BCUT2D eigenvalue weighted by Crippen LogP contribution is -2.13. The second-order valence-corrected chi connectivity index (χ2v) is 6.44. The van der Waals surface area contributed by atoms with Crippen molar-refractivity contribution < 1.29 is 34.0 Å². The van der Waals surface area contributed by atoms with Gasteiger partial charge in [0.15, 0.2) is 0 Å². The summed E-state index contributed by atoms with van der Waals surface area (Å²) >= 11 is 0. The first-order valence-electron chi connectivity index (χ1n) is 9.64. The van der Waals surface area contributed by atoms with Crippen LogP contribution < -0.4 is 9.47 Å². The first-order valence-corrected chi connectivity index (χ1v) is 9.64. The molecule has 0 heterocycles. The van der Waals surface area contributed by atoms with Crippen LogP contribution in [-0.2, 0) is 4.74 Å². The van der Waals surface area contributed by atoms with Crippen LogP contribution in [0, 0.1) is 0 Å². The van der Waals surface area contributed by atoms with Crippen molar-refractivity contribution in [1.29, 1.82) is 0 Å². The minimum Gasteiger partial charge on any atom is -0.507 e. The fraction of sp³-hybridized carbons (Fsp3) is 0.364. The zero-order valence-corrected chi connectivity index (χ0v) is 16.6. The van der Waals surface area contributed by atoms with Crippen LogP contribution in [0.3, 0.4) is 0 Å². The summed E-state index contributed by atoms with van der Waals surface area (Å²) in [7, 11) is 0. The fourth-order valence-corrected chi connectivity index (χ4v) is 2.41. The summed E-state index contributed by atoms with van der Waals surface area (Å²) in [6.45, 7) is 5.05. The van der Waals surface area contributed by atoms with E-state index in [9.17, 15) is 19.8 Å². The van der Waals surface area contributed by atoms with E-state index in [0.717, 1.165) is 25.7 Å². The highest BCUT2D eigenvalue weighted by Gasteiger charge is 2.21. The van der Waals surface area contributed by atoms with Crippen LogP contribution in [0.1, 0.15) is 60.2 Å². The number of carbonyl (C=O) groups is 2. The zero-order chi connectivity index (χ0) is 21.2. The van der Waals surface area contributed by atoms with Gasteiger partial charge in [-0.05, 0) is 37.1 Å². The highest BCUT2D eigenvalue weighted by atomic mass is 16.6. The van der Waals surface area contributed by atoms with E-state index in [1.807, 2.05) is 13.8 Å². The molecule has 0 saturated carbocycles. The Hall–Kier alpha value is -3.22. The van der Waals surface area contributed by atoms with E-state index in [1.54, 1.807) is 0 Å². The number of phenols is 2. The number of hydrogen-bond donors (Lipinski definition) is 2. The van der Waals surface area contributed by atoms with E-state index in [-0.39, 0.29) is 22.6 Å². The van der Waals surface area contributed by atoms with Crippen molar-refractivity contribution in [3.05, 3.63) is 47.5 Å². The van der Waals surface area contributed by atoms with Crippen LogP contribution in [0.15, 0.2) is 36.4 Å². The maximum Gasteiger partial charge on any atom is 0.349 e. The van der Waals surface area contributed by atoms with Crippen LogP contribution in [0.2, 0.25) is 0 Å². The highest BCUT2D eigenvalue weighted by molar-refractivity contribution is 6.04. The van der Waals surface area contributed by atoms with Gasteiger partial charge in [0.25, 0.3) is 0 Å². The molecule has 0 aliphatic rings. The SMILES string of the molecule is CCCCOc1ccc(C(=O)OC(=O)c2ccc(OCCCC)cc2O)c(O)c1. The lowest BCUT2D eigenvalue weighted by molar-refractivity contribution is 0.0394. The molecule has 156 valence electrons. The van der Waals surface area contributed by atoms with Crippen LogP contribution in [-0.4, -0.2) is 35.4 Å². The average molecular weight is 402 g/mol. The van der Waals surface area contributed by atoms with Crippen LogP contribution in [0.5, 0.6) is 23.0 Å². The molecule has 0 saturated heterocycles. The Morgan fingerprint density at radius 1 is 0.759 bits per heavy atom. The molecule has 0 aromatic heterocycles. The lowest BCUT2D eigenvalue weighted by atomic mass is 10.1. The van der Waals surface area contributed by atoms with Gasteiger partial charge >= 0.3 is 11.9 Å². The normalized spacial score (nSPS) is 10.4. The summed E-state index contributed by atoms with van der Waals surface area (Å²) < 4.78 is 15.7. The van der Waals surface area contributed by atoms with E-state index in [4.69, 9.17) is 14.2 Å². The molecule has 0 radical (unpaired) electrons. The number of aromatic hydroxyl groups is 2. The van der Waals surface area contributed by atoms with Crippen molar-refractivity contribution in [3.8, 4) is 23.0 Å². The number of benzene rings is 2. The molecule has 0 unspecified atom stereocenters. The molecule has 2 aromatic rings. The van der Waals surface area contributed by atoms with Gasteiger partial charge in [-0.25, -0.2) is 9.59 Å². The second kappa shape index (κ2) is 10.9. The maximum atomic E-state index is 12.2. The summed E-state index contributed by atoms with van der Waals surface area (Å²) in [6.07, 6.45) is 3.67. The highest BCUT2D eigenvalue weighted by Crippen LogP contribution is 2.27. The summed E-state index contributed by atoms with van der Waals surface area (Å²) in [5.41, 5.74) is -0.361. The van der Waals surface area contributed by atoms with Gasteiger partial charge in [-0.1, -0.05) is 26.7 Å². The van der Waals surface area contributed by atoms with Crippen LogP contribution in [0.4, 0.5) is 0 Å². The molecule has 0 aliphatic carbocycles. The Morgan fingerprint density at radius 3 is 1.52 bits per heavy atom. The first kappa shape index (κ1) is 22.1. The Morgan fingerprint density at radius 2 is 1.17 bits per heavy atom. The third-order valence-corrected chi connectivity index (χ3v) is 4.10. The Balaban J connectivity index is 2.02. The van der Waals surface area contributed by atoms with E-state index < -0.39 is 11.9 Å². The summed E-state index contributed by atoms with van der Waals surface area (Å²) in [5, 5.41) is 20.1. The van der Waals surface area contributed by atoms with Crippen molar-refractivity contribution in [3.63, 3.8) is 0 Å². The van der Waals surface area contributed by atoms with Crippen molar-refractivity contribution in [2.45, 2.75) is 39.5 Å². The van der Waals surface area contributed by atoms with E-state index in [2.05, 4.69) is 0 Å². The number of hydrogen-bond acceptors (Lipinski definition) is 7. The molecule has 0 amide bonds. The number of ether oxygens (including phenoxy) is 3. The summed E-state index contributed by atoms with van der Waals surface area (Å²) in [6, 6.07) is 8.23. The quantitative estimate of drug-likeness (QED) is 0.344. The molecule has 2 rings (SSSR count). The fourth-order valence-electron chi connectivity index (χ4n) is 2.41. The molecule has 0 spiro atoms. The molecule has 0 aliphatic heterocycles. The Kier molecular flexibility index (Phi) is 8.33. The second-order valence-electron chi connectivity index (χ2n) is 6.44. The third kappa shape index (κ3) is 6.41. The van der Waals surface area contributed by atoms with Crippen molar-refractivity contribution in [2.24, 2.45) is 0 Å². The summed E-state index contributed by atoms with van der Waals surface area (Å²) in [4.78, 5) is 24.4. The van der Waals surface area contributed by atoms with E-state index >= 15 is 0 Å². The topological polar surface area (TPSA) is 102 Å². The number of rotatable bonds is 10. The zero-order valence-electron chi connectivity index (χ0n) is 16.6. The van der Waals surface area contributed by atoms with Gasteiger partial charge in [-0.3, -0.25) is 0 Å². The number of phenolic OH excluding ortho intramolecular Hbond substituents is 2. The van der Waals surface area contributed by atoms with E-state index in [1.165, 1.54) is 36.4 Å². The summed E-state index contributed by atoms with van der Waals surface area (Å²) in [5.74, 6) is -1.96. The molecule has 7 nitrogen and oxygen atoms in total. The van der Waals surface area contributed by atoms with Crippen molar-refractivity contribution >= 4 is 11.9 Å². The van der Waals surface area contributed by atoms with Gasteiger partial charge in [0.2, 0.25) is 0 Å². The van der Waals surface area contributed by atoms with Crippen molar-refractivity contribution in [1.82, 2.24) is 0 Å².